The lowest BCUT2D eigenvalue weighted by Gasteiger charge is -2.21. The molecule has 0 spiro atoms. The summed E-state index contributed by atoms with van der Waals surface area (Å²) in [6.07, 6.45) is 4.07. The fourth-order valence-corrected chi connectivity index (χ4v) is 2.86. The predicted molar refractivity (Wildman–Crippen MR) is 72.7 cm³/mol. The van der Waals surface area contributed by atoms with Gasteiger partial charge in [0.05, 0.1) is 0 Å². The molecule has 1 aliphatic carbocycles. The van der Waals surface area contributed by atoms with Crippen LogP contribution in [0.1, 0.15) is 30.4 Å². The molecule has 1 N–H and O–H groups in total. The minimum Gasteiger partial charge on any atom is -0.370 e. The molecular formula is C15H22N2. The molecule has 2 heteroatoms. The van der Waals surface area contributed by atoms with Gasteiger partial charge in [-0.3, -0.25) is 0 Å². The van der Waals surface area contributed by atoms with E-state index in [-0.39, 0.29) is 0 Å². The number of aryl methyl sites for hydroxylation is 2. The third-order valence-corrected chi connectivity index (χ3v) is 3.93. The van der Waals surface area contributed by atoms with Gasteiger partial charge in [-0.1, -0.05) is 17.7 Å². The van der Waals surface area contributed by atoms with Crippen LogP contribution in [0.4, 0.5) is 5.69 Å². The smallest absolute Gasteiger partial charge is 0.0396 e. The number of hydrogen-bond acceptors (Lipinski definition) is 2. The summed E-state index contributed by atoms with van der Waals surface area (Å²) < 4.78 is 0. The number of rotatable bonds is 3. The van der Waals surface area contributed by atoms with Crippen LogP contribution in [0.15, 0.2) is 18.2 Å². The van der Waals surface area contributed by atoms with E-state index in [0.717, 1.165) is 6.04 Å². The maximum absolute atomic E-state index is 3.74. The van der Waals surface area contributed by atoms with Crippen molar-refractivity contribution in [3.63, 3.8) is 0 Å². The van der Waals surface area contributed by atoms with Gasteiger partial charge in [0, 0.05) is 30.9 Å². The highest BCUT2D eigenvalue weighted by Crippen LogP contribution is 2.27. The van der Waals surface area contributed by atoms with E-state index in [1.54, 1.807) is 0 Å². The molecule has 1 aromatic carbocycles. The van der Waals surface area contributed by atoms with E-state index >= 15 is 0 Å². The maximum Gasteiger partial charge on any atom is 0.0396 e. The molecule has 17 heavy (non-hydrogen) atoms. The standard InChI is InChI=1S/C15H22N2/c1-11-3-6-15(12(2)9-11)17-8-7-14(10-17)16-13-4-5-13/h3,6,9,13-14,16H,4-5,7-8,10H2,1-2H3. The van der Waals surface area contributed by atoms with Crippen LogP contribution in [0.3, 0.4) is 0 Å². The lowest BCUT2D eigenvalue weighted by molar-refractivity contribution is 0.548. The first-order valence-corrected chi connectivity index (χ1v) is 6.80. The Morgan fingerprint density at radius 3 is 2.65 bits per heavy atom. The Bertz CT molecular complexity index is 409. The van der Waals surface area contributed by atoms with Crippen LogP contribution in [0.5, 0.6) is 0 Å². The molecule has 1 saturated carbocycles. The highest BCUT2D eigenvalue weighted by Gasteiger charge is 2.29. The molecule has 2 aliphatic rings. The normalized spacial score (nSPS) is 24.4. The highest BCUT2D eigenvalue weighted by molar-refractivity contribution is 5.55. The van der Waals surface area contributed by atoms with Crippen LogP contribution < -0.4 is 10.2 Å². The molecule has 0 amide bonds. The molecule has 0 aromatic heterocycles. The summed E-state index contributed by atoms with van der Waals surface area (Å²) in [6, 6.07) is 8.34. The summed E-state index contributed by atoms with van der Waals surface area (Å²) in [5.74, 6) is 0. The first kappa shape index (κ1) is 11.1. The number of anilines is 1. The predicted octanol–water partition coefficient (Wildman–Crippen LogP) is 2.63. The first-order valence-electron chi connectivity index (χ1n) is 6.80. The van der Waals surface area contributed by atoms with Gasteiger partial charge in [-0.05, 0) is 44.7 Å². The Morgan fingerprint density at radius 1 is 1.12 bits per heavy atom. The number of hydrogen-bond donors (Lipinski definition) is 1. The van der Waals surface area contributed by atoms with Gasteiger partial charge in [0.15, 0.2) is 0 Å². The van der Waals surface area contributed by atoms with Crippen molar-refractivity contribution in [2.75, 3.05) is 18.0 Å². The van der Waals surface area contributed by atoms with Gasteiger partial charge in [-0.15, -0.1) is 0 Å². The van der Waals surface area contributed by atoms with E-state index in [1.165, 1.54) is 49.2 Å². The van der Waals surface area contributed by atoms with Crippen LogP contribution in [0, 0.1) is 13.8 Å². The Balaban J connectivity index is 1.68. The molecular weight excluding hydrogens is 208 g/mol. The largest absolute Gasteiger partial charge is 0.370 e. The average molecular weight is 230 g/mol. The van der Waals surface area contributed by atoms with Crippen LogP contribution >= 0.6 is 0 Å². The summed E-state index contributed by atoms with van der Waals surface area (Å²) in [4.78, 5) is 2.54. The quantitative estimate of drug-likeness (QED) is 0.858. The highest BCUT2D eigenvalue weighted by atomic mass is 15.2. The molecule has 3 rings (SSSR count). The Kier molecular flexibility index (Phi) is 2.83. The summed E-state index contributed by atoms with van der Waals surface area (Å²) in [5, 5.41) is 3.74. The van der Waals surface area contributed by atoms with Gasteiger partial charge in [0.2, 0.25) is 0 Å². The second-order valence-corrected chi connectivity index (χ2v) is 5.66. The maximum atomic E-state index is 3.74. The van der Waals surface area contributed by atoms with Crippen molar-refractivity contribution in [1.29, 1.82) is 0 Å². The van der Waals surface area contributed by atoms with Crippen molar-refractivity contribution in [1.82, 2.24) is 5.32 Å². The summed E-state index contributed by atoms with van der Waals surface area (Å²) in [6.45, 7) is 6.77. The summed E-state index contributed by atoms with van der Waals surface area (Å²) in [5.41, 5.74) is 4.20. The lowest BCUT2D eigenvalue weighted by Crippen LogP contribution is -2.34. The van der Waals surface area contributed by atoms with Gasteiger partial charge in [-0.2, -0.15) is 0 Å². The van der Waals surface area contributed by atoms with Crippen molar-refractivity contribution in [3.05, 3.63) is 29.3 Å². The Morgan fingerprint density at radius 2 is 1.94 bits per heavy atom. The molecule has 1 heterocycles. The Hall–Kier alpha value is -1.02. The minimum absolute atomic E-state index is 0.711. The van der Waals surface area contributed by atoms with E-state index in [4.69, 9.17) is 0 Å². The molecule has 1 unspecified atom stereocenters. The van der Waals surface area contributed by atoms with E-state index in [9.17, 15) is 0 Å². The zero-order valence-corrected chi connectivity index (χ0v) is 10.9. The van der Waals surface area contributed by atoms with E-state index in [1.807, 2.05) is 0 Å². The first-order chi connectivity index (χ1) is 8.22. The van der Waals surface area contributed by atoms with Gasteiger partial charge in [0.25, 0.3) is 0 Å². The minimum atomic E-state index is 0.711. The van der Waals surface area contributed by atoms with E-state index < -0.39 is 0 Å². The van der Waals surface area contributed by atoms with Gasteiger partial charge < -0.3 is 10.2 Å². The monoisotopic (exact) mass is 230 g/mol. The van der Waals surface area contributed by atoms with Crippen LogP contribution in [-0.4, -0.2) is 25.2 Å². The van der Waals surface area contributed by atoms with Crippen molar-refractivity contribution < 1.29 is 0 Å². The van der Waals surface area contributed by atoms with Crippen molar-refractivity contribution in [2.24, 2.45) is 0 Å². The van der Waals surface area contributed by atoms with E-state index in [2.05, 4.69) is 42.3 Å². The summed E-state index contributed by atoms with van der Waals surface area (Å²) >= 11 is 0. The van der Waals surface area contributed by atoms with Crippen LogP contribution in [0.25, 0.3) is 0 Å². The number of nitrogens with zero attached hydrogens (tertiary/aromatic N) is 1. The van der Waals surface area contributed by atoms with Crippen molar-refractivity contribution >= 4 is 5.69 Å². The molecule has 92 valence electrons. The molecule has 2 nitrogen and oxygen atoms in total. The fraction of sp³-hybridized carbons (Fsp3) is 0.600. The Labute approximate surface area is 104 Å². The molecule has 1 saturated heterocycles. The van der Waals surface area contributed by atoms with Crippen molar-refractivity contribution in [3.8, 4) is 0 Å². The van der Waals surface area contributed by atoms with Crippen molar-refractivity contribution in [2.45, 2.75) is 45.2 Å². The van der Waals surface area contributed by atoms with Crippen LogP contribution in [-0.2, 0) is 0 Å². The fourth-order valence-electron chi connectivity index (χ4n) is 2.86. The molecule has 1 aliphatic heterocycles. The van der Waals surface area contributed by atoms with Gasteiger partial charge in [0.1, 0.15) is 0 Å². The third kappa shape index (κ3) is 2.47. The second-order valence-electron chi connectivity index (χ2n) is 5.66. The number of benzene rings is 1. The number of nitrogens with one attached hydrogen (secondary N) is 1. The molecule has 0 bridgehead atoms. The zero-order valence-electron chi connectivity index (χ0n) is 10.9. The molecule has 1 atom stereocenters. The van der Waals surface area contributed by atoms with Gasteiger partial charge in [-0.25, -0.2) is 0 Å². The topological polar surface area (TPSA) is 15.3 Å². The second kappa shape index (κ2) is 4.34. The van der Waals surface area contributed by atoms with Gasteiger partial charge >= 0.3 is 0 Å². The molecule has 0 radical (unpaired) electrons. The molecule has 2 fully saturated rings. The zero-order chi connectivity index (χ0) is 11.8. The SMILES string of the molecule is Cc1ccc(N2CCC(NC3CC3)C2)c(C)c1. The third-order valence-electron chi connectivity index (χ3n) is 3.93. The average Bonchev–Trinajstić information content (AvgIpc) is 2.96. The summed E-state index contributed by atoms with van der Waals surface area (Å²) in [7, 11) is 0. The lowest BCUT2D eigenvalue weighted by atomic mass is 10.1. The van der Waals surface area contributed by atoms with E-state index in [0.29, 0.717) is 6.04 Å². The molecule has 1 aromatic rings. The van der Waals surface area contributed by atoms with Crippen LogP contribution in [0.2, 0.25) is 0 Å².